The van der Waals surface area contributed by atoms with Crippen LogP contribution in [0.25, 0.3) is 44.6 Å². The third kappa shape index (κ3) is 5.39. The molecule has 6 heterocycles. The summed E-state index contributed by atoms with van der Waals surface area (Å²) in [5.41, 5.74) is 17.6. The molecule has 14 nitrogen and oxygen atoms in total. The largest absolute Gasteiger partial charge is 0.355 e. The molecule has 7 N–H and O–H groups in total. The highest BCUT2D eigenvalue weighted by molar-refractivity contribution is 6.06. The minimum absolute atomic E-state index is 0.133. The second kappa shape index (κ2) is 10.9. The van der Waals surface area contributed by atoms with Crippen LogP contribution >= 0.6 is 0 Å². The second-order valence-corrected chi connectivity index (χ2v) is 9.72. The first-order valence-electron chi connectivity index (χ1n) is 13.3. The molecule has 43 heavy (non-hydrogen) atoms. The second-order valence-electron chi connectivity index (χ2n) is 9.72. The van der Waals surface area contributed by atoms with Gasteiger partial charge in [-0.2, -0.15) is 5.10 Å². The molecule has 0 fully saturated rings. The molecule has 0 aliphatic carbocycles. The van der Waals surface area contributed by atoms with E-state index in [2.05, 4.69) is 67.9 Å². The molecule has 0 spiro atoms. The van der Waals surface area contributed by atoms with Crippen molar-refractivity contribution in [1.82, 2.24) is 51.8 Å². The van der Waals surface area contributed by atoms with E-state index in [0.717, 1.165) is 49.9 Å². The Morgan fingerprint density at radius 3 is 1.72 bits per heavy atom. The minimum Gasteiger partial charge on any atom is -0.355 e. The fraction of sp³-hybridized carbons (Fsp3) is 0.0690. The zero-order chi connectivity index (χ0) is 29.2. The number of nitrogens with one attached hydrogen (secondary N) is 7. The van der Waals surface area contributed by atoms with E-state index < -0.39 is 0 Å². The lowest BCUT2D eigenvalue weighted by atomic mass is 10.1. The van der Waals surface area contributed by atoms with Crippen molar-refractivity contribution in [2.24, 2.45) is 9.98 Å². The summed E-state index contributed by atoms with van der Waals surface area (Å²) in [6.45, 7) is 0.284. The van der Waals surface area contributed by atoms with E-state index >= 15 is 0 Å². The van der Waals surface area contributed by atoms with Crippen molar-refractivity contribution < 1.29 is 9.59 Å². The molecule has 212 valence electrons. The molecule has 4 aromatic heterocycles. The summed E-state index contributed by atoms with van der Waals surface area (Å²) in [5, 5.41) is 8.78. The molecule has 14 heteroatoms. The minimum atomic E-state index is -0.144. The first-order valence-corrected chi connectivity index (χ1v) is 13.3. The van der Waals surface area contributed by atoms with E-state index in [9.17, 15) is 9.59 Å². The standard InChI is InChI=1S/C16H13N5O.C13H11N7O/c22-15-9-18-16(21-20-15)11-1-2-13-12(7-11)8-14(19-13)10-3-5-17-6-4-10;21-11-5-14-12(20-18-11)7-1-2-9-8(3-7)4-10(17-9)13-15-6-16-19-13/h1-8,19H,9H2,(H,18,21)(H,20,22);1-4,6,17H,5H2,(H,14,20)(H,18,21)(H,15,16,19). The number of hydrogen-bond donors (Lipinski definition) is 7. The van der Waals surface area contributed by atoms with Gasteiger partial charge in [0.15, 0.2) is 5.82 Å². The van der Waals surface area contributed by atoms with Crippen molar-refractivity contribution in [2.45, 2.75) is 0 Å². The first-order chi connectivity index (χ1) is 21.1. The van der Waals surface area contributed by atoms with Crippen molar-refractivity contribution in [3.8, 4) is 22.8 Å². The van der Waals surface area contributed by atoms with Gasteiger partial charge in [0, 0.05) is 56.6 Å². The smallest absolute Gasteiger partial charge is 0.260 e. The highest BCUT2D eigenvalue weighted by Gasteiger charge is 2.14. The number of carbonyl (C=O) groups is 2. The van der Waals surface area contributed by atoms with Gasteiger partial charge in [0.2, 0.25) is 0 Å². The molecule has 2 aliphatic heterocycles. The van der Waals surface area contributed by atoms with Gasteiger partial charge in [0.1, 0.15) is 31.1 Å². The SMILES string of the molecule is O=C1CN=C(c2ccc3[nH]c(-c4ccncc4)cc3c2)NN1.O=C1CN=C(c2ccc3[nH]c(-c4ncn[nH]4)cc3c2)NN1. The highest BCUT2D eigenvalue weighted by atomic mass is 16.2. The number of aromatic nitrogens is 6. The van der Waals surface area contributed by atoms with Crippen molar-refractivity contribution >= 4 is 45.3 Å². The number of aromatic amines is 3. The Morgan fingerprint density at radius 2 is 1.19 bits per heavy atom. The van der Waals surface area contributed by atoms with Crippen LogP contribution in [0.2, 0.25) is 0 Å². The number of carbonyl (C=O) groups excluding carboxylic acids is 2. The first kappa shape index (κ1) is 25.6. The molecule has 0 bridgehead atoms. The maximum Gasteiger partial charge on any atom is 0.260 e. The van der Waals surface area contributed by atoms with E-state index in [4.69, 9.17) is 0 Å². The number of benzene rings is 2. The number of H-pyrrole nitrogens is 3. The Balaban J connectivity index is 0.000000140. The number of aliphatic imine (C=N–C) groups is 2. The van der Waals surface area contributed by atoms with Crippen molar-refractivity contribution in [2.75, 3.05) is 13.1 Å². The Kier molecular flexibility index (Phi) is 6.52. The van der Waals surface area contributed by atoms with Gasteiger partial charge in [0.25, 0.3) is 11.8 Å². The van der Waals surface area contributed by atoms with E-state index in [1.807, 2.05) is 54.6 Å². The van der Waals surface area contributed by atoms with Gasteiger partial charge >= 0.3 is 0 Å². The zero-order valence-electron chi connectivity index (χ0n) is 22.5. The van der Waals surface area contributed by atoms with Crippen LogP contribution in [-0.4, -0.2) is 66.7 Å². The topological polar surface area (TPSA) is 193 Å². The van der Waals surface area contributed by atoms with Gasteiger partial charge in [-0.05, 0) is 60.7 Å². The Bertz CT molecular complexity index is 2020. The lowest BCUT2D eigenvalue weighted by molar-refractivity contribution is -0.121. The van der Waals surface area contributed by atoms with Gasteiger partial charge in [-0.1, -0.05) is 0 Å². The predicted molar refractivity (Wildman–Crippen MR) is 161 cm³/mol. The Labute approximate surface area is 243 Å². The van der Waals surface area contributed by atoms with E-state index in [1.54, 1.807) is 12.4 Å². The summed E-state index contributed by atoms with van der Waals surface area (Å²) in [6.07, 6.45) is 5.01. The lowest BCUT2D eigenvalue weighted by Crippen LogP contribution is -2.47. The van der Waals surface area contributed by atoms with Gasteiger partial charge in [-0.15, -0.1) is 0 Å². The molecule has 0 radical (unpaired) electrons. The van der Waals surface area contributed by atoms with E-state index in [0.29, 0.717) is 17.5 Å². The van der Waals surface area contributed by atoms with Crippen LogP contribution in [0.15, 0.2) is 89.4 Å². The quantitative estimate of drug-likeness (QED) is 0.168. The molecular weight excluding hydrogens is 548 g/mol. The molecule has 2 aromatic carbocycles. The van der Waals surface area contributed by atoms with Crippen molar-refractivity contribution in [3.63, 3.8) is 0 Å². The summed E-state index contributed by atoms with van der Waals surface area (Å²) in [5.74, 6) is 1.74. The number of nitrogens with zero attached hydrogens (tertiary/aromatic N) is 5. The average Bonchev–Trinajstić information content (AvgIpc) is 3.82. The Morgan fingerprint density at radius 1 is 0.605 bits per heavy atom. The van der Waals surface area contributed by atoms with Crippen LogP contribution in [0.1, 0.15) is 11.1 Å². The molecule has 6 aromatic rings. The number of fused-ring (bicyclic) bond motifs is 2. The van der Waals surface area contributed by atoms with Crippen LogP contribution in [0, 0.1) is 0 Å². The summed E-state index contributed by atoms with van der Waals surface area (Å²) < 4.78 is 0. The van der Waals surface area contributed by atoms with Crippen LogP contribution in [-0.2, 0) is 9.59 Å². The number of hydrogen-bond acceptors (Lipinski definition) is 9. The summed E-state index contributed by atoms with van der Waals surface area (Å²) >= 11 is 0. The lowest BCUT2D eigenvalue weighted by Gasteiger charge is -2.15. The maximum atomic E-state index is 11.1. The Hall–Kier alpha value is -6.31. The third-order valence-electron chi connectivity index (χ3n) is 6.85. The van der Waals surface area contributed by atoms with Gasteiger partial charge < -0.3 is 9.97 Å². The van der Waals surface area contributed by atoms with Crippen LogP contribution < -0.4 is 21.7 Å². The predicted octanol–water partition coefficient (Wildman–Crippen LogP) is 1.94. The van der Waals surface area contributed by atoms with Gasteiger partial charge in [-0.3, -0.25) is 51.4 Å². The molecule has 8 rings (SSSR count). The number of amidine groups is 2. The van der Waals surface area contributed by atoms with Crippen molar-refractivity contribution in [3.05, 3.63) is 90.5 Å². The summed E-state index contributed by atoms with van der Waals surface area (Å²) in [7, 11) is 0. The number of rotatable bonds is 4. The molecule has 0 saturated heterocycles. The molecule has 2 amide bonds. The summed E-state index contributed by atoms with van der Waals surface area (Å²) in [6, 6.07) is 19.9. The van der Waals surface area contributed by atoms with Gasteiger partial charge in [0.05, 0.1) is 5.69 Å². The van der Waals surface area contributed by atoms with Crippen LogP contribution in [0.5, 0.6) is 0 Å². The molecule has 0 atom stereocenters. The molecule has 0 saturated carbocycles. The van der Waals surface area contributed by atoms with E-state index in [1.165, 1.54) is 6.33 Å². The average molecular weight is 573 g/mol. The van der Waals surface area contributed by atoms with Gasteiger partial charge in [-0.25, -0.2) is 4.98 Å². The summed E-state index contributed by atoms with van der Waals surface area (Å²) in [4.78, 5) is 45.5. The number of amides is 2. The monoisotopic (exact) mass is 572 g/mol. The number of pyridine rings is 1. The zero-order valence-corrected chi connectivity index (χ0v) is 22.5. The normalized spacial score (nSPS) is 14.5. The molecule has 0 unspecified atom stereocenters. The fourth-order valence-electron chi connectivity index (χ4n) is 4.75. The molecule has 2 aliphatic rings. The fourth-order valence-corrected chi connectivity index (χ4v) is 4.75. The third-order valence-corrected chi connectivity index (χ3v) is 6.85. The molecular formula is C29H24N12O2. The number of hydrazine groups is 2. The van der Waals surface area contributed by atoms with Crippen LogP contribution in [0.4, 0.5) is 0 Å². The maximum absolute atomic E-state index is 11.1. The highest BCUT2D eigenvalue weighted by Crippen LogP contribution is 2.25. The van der Waals surface area contributed by atoms with Crippen molar-refractivity contribution in [1.29, 1.82) is 0 Å². The van der Waals surface area contributed by atoms with Crippen LogP contribution in [0.3, 0.4) is 0 Å². The van der Waals surface area contributed by atoms with E-state index in [-0.39, 0.29) is 24.9 Å².